The van der Waals surface area contributed by atoms with Gasteiger partial charge in [0.2, 0.25) is 6.43 Å². The normalized spacial score (nSPS) is 10.2. The summed E-state index contributed by atoms with van der Waals surface area (Å²) in [6, 6.07) is 0. The molecule has 0 amide bonds. The quantitative estimate of drug-likeness (QED) is 0.367. The van der Waals surface area contributed by atoms with E-state index < -0.39 is 12.4 Å². The molecule has 0 atom stereocenters. The molecule has 0 rings (SSSR count). The van der Waals surface area contributed by atoms with Gasteiger partial charge < -0.3 is 4.74 Å². The van der Waals surface area contributed by atoms with Gasteiger partial charge in [-0.1, -0.05) is 6.58 Å². The van der Waals surface area contributed by atoms with Crippen LogP contribution in [0, 0.1) is 0 Å². The lowest BCUT2D eigenvalue weighted by molar-refractivity contribution is -0.139. The number of carbonyl (C=O) groups excluding carboxylic acids is 1. The smallest absolute Gasteiger partial charge is 0.333 e. The van der Waals surface area contributed by atoms with Crippen LogP contribution in [-0.4, -0.2) is 19.0 Å². The van der Waals surface area contributed by atoms with Crippen molar-refractivity contribution in [3.8, 4) is 0 Å². The lowest BCUT2D eigenvalue weighted by Gasteiger charge is -2.03. The topological polar surface area (TPSA) is 26.3 Å². The first-order valence-corrected chi connectivity index (χ1v) is 4.15. The minimum atomic E-state index is -2.27. The van der Waals surface area contributed by atoms with Crippen molar-refractivity contribution in [1.29, 1.82) is 0 Å². The molecule has 0 spiro atoms. The van der Waals surface area contributed by atoms with Gasteiger partial charge in [-0.05, 0) is 19.8 Å². The fraction of sp³-hybridized carbons (Fsp3) is 0.667. The first kappa shape index (κ1) is 12.1. The summed E-state index contributed by atoms with van der Waals surface area (Å²) in [5.41, 5.74) is 0.328. The maximum absolute atomic E-state index is 11.6. The van der Waals surface area contributed by atoms with Crippen LogP contribution < -0.4 is 0 Å². The molecule has 0 bridgehead atoms. The van der Waals surface area contributed by atoms with Crippen molar-refractivity contribution in [3.05, 3.63) is 12.2 Å². The molecule has 0 aromatic rings. The zero-order chi connectivity index (χ0) is 10.3. The molecule has 0 heterocycles. The maximum atomic E-state index is 11.6. The Kier molecular flexibility index (Phi) is 6.10. The summed E-state index contributed by atoms with van der Waals surface area (Å²) in [5.74, 6) is -0.461. The monoisotopic (exact) mass is 192 g/mol. The van der Waals surface area contributed by atoms with Gasteiger partial charge in [-0.15, -0.1) is 0 Å². The van der Waals surface area contributed by atoms with Crippen LogP contribution in [0.25, 0.3) is 0 Å². The van der Waals surface area contributed by atoms with Crippen molar-refractivity contribution in [3.63, 3.8) is 0 Å². The molecule has 0 saturated heterocycles. The van der Waals surface area contributed by atoms with Crippen LogP contribution in [0.4, 0.5) is 8.78 Å². The van der Waals surface area contributed by atoms with Crippen molar-refractivity contribution >= 4 is 5.97 Å². The predicted octanol–water partition coefficient (Wildman–Crippen LogP) is 2.54. The van der Waals surface area contributed by atoms with Gasteiger partial charge in [0.15, 0.2) is 0 Å². The highest BCUT2D eigenvalue weighted by Crippen LogP contribution is 2.05. The van der Waals surface area contributed by atoms with Gasteiger partial charge in [-0.2, -0.15) is 0 Å². The largest absolute Gasteiger partial charge is 0.462 e. The standard InChI is InChI=1S/C9H14F2O2/c1-7(2)9(12)13-6-4-3-5-8(10)11/h8H,1,3-6H2,2H3. The highest BCUT2D eigenvalue weighted by molar-refractivity contribution is 5.86. The Hall–Kier alpha value is -0.930. The Morgan fingerprint density at radius 2 is 2.08 bits per heavy atom. The minimum Gasteiger partial charge on any atom is -0.462 e. The van der Waals surface area contributed by atoms with E-state index in [1.165, 1.54) is 0 Å². The lowest BCUT2D eigenvalue weighted by Crippen LogP contribution is -2.06. The van der Waals surface area contributed by atoms with Crippen LogP contribution >= 0.6 is 0 Å². The van der Waals surface area contributed by atoms with Crippen molar-refractivity contribution in [2.24, 2.45) is 0 Å². The third kappa shape index (κ3) is 7.43. The fourth-order valence-corrected chi connectivity index (χ4v) is 0.689. The first-order valence-electron chi connectivity index (χ1n) is 4.15. The average molecular weight is 192 g/mol. The van der Waals surface area contributed by atoms with Gasteiger partial charge in [0.05, 0.1) is 6.61 Å². The van der Waals surface area contributed by atoms with E-state index in [1.807, 2.05) is 0 Å². The molecule has 0 aromatic carbocycles. The molecule has 0 radical (unpaired) electrons. The summed E-state index contributed by atoms with van der Waals surface area (Å²) in [5, 5.41) is 0. The van der Waals surface area contributed by atoms with Gasteiger partial charge in [0, 0.05) is 12.0 Å². The highest BCUT2D eigenvalue weighted by Gasteiger charge is 2.04. The summed E-state index contributed by atoms with van der Waals surface area (Å²) in [6.07, 6.45) is -1.55. The summed E-state index contributed by atoms with van der Waals surface area (Å²) >= 11 is 0. The second-order valence-electron chi connectivity index (χ2n) is 2.80. The predicted molar refractivity (Wildman–Crippen MR) is 45.6 cm³/mol. The van der Waals surface area contributed by atoms with E-state index >= 15 is 0 Å². The Morgan fingerprint density at radius 3 is 2.54 bits per heavy atom. The van der Waals surface area contributed by atoms with Crippen LogP contribution in [-0.2, 0) is 9.53 Å². The average Bonchev–Trinajstić information content (AvgIpc) is 2.02. The molecular weight excluding hydrogens is 178 g/mol. The number of hydrogen-bond acceptors (Lipinski definition) is 2. The van der Waals surface area contributed by atoms with Crippen LogP contribution in [0.2, 0.25) is 0 Å². The van der Waals surface area contributed by atoms with Crippen molar-refractivity contribution < 1.29 is 18.3 Å². The second kappa shape index (κ2) is 6.57. The molecule has 0 aliphatic heterocycles. The molecule has 13 heavy (non-hydrogen) atoms. The summed E-state index contributed by atoms with van der Waals surface area (Å²) in [7, 11) is 0. The SMILES string of the molecule is C=C(C)C(=O)OCCCCC(F)F. The van der Waals surface area contributed by atoms with Crippen molar-refractivity contribution in [1.82, 2.24) is 0 Å². The number of hydrogen-bond donors (Lipinski definition) is 0. The number of ether oxygens (including phenoxy) is 1. The van der Waals surface area contributed by atoms with Crippen molar-refractivity contribution in [2.45, 2.75) is 32.6 Å². The van der Waals surface area contributed by atoms with Gasteiger partial charge in [0.1, 0.15) is 0 Å². The molecule has 2 nitrogen and oxygen atoms in total. The second-order valence-corrected chi connectivity index (χ2v) is 2.80. The van der Waals surface area contributed by atoms with Gasteiger partial charge in [-0.25, -0.2) is 13.6 Å². The molecule has 0 aromatic heterocycles. The number of halogens is 2. The van der Waals surface area contributed by atoms with Gasteiger partial charge >= 0.3 is 5.97 Å². The summed E-state index contributed by atoms with van der Waals surface area (Å²) < 4.78 is 28.0. The van der Waals surface area contributed by atoms with E-state index in [9.17, 15) is 13.6 Å². The van der Waals surface area contributed by atoms with Crippen LogP contribution in [0.1, 0.15) is 26.2 Å². The minimum absolute atomic E-state index is 0.134. The van der Waals surface area contributed by atoms with Crippen LogP contribution in [0.3, 0.4) is 0 Å². The number of esters is 1. The molecule has 0 fully saturated rings. The fourth-order valence-electron chi connectivity index (χ4n) is 0.689. The zero-order valence-corrected chi connectivity index (χ0v) is 7.69. The Morgan fingerprint density at radius 1 is 1.46 bits per heavy atom. The zero-order valence-electron chi connectivity index (χ0n) is 7.69. The Labute approximate surface area is 76.6 Å². The van der Waals surface area contributed by atoms with E-state index in [-0.39, 0.29) is 13.0 Å². The maximum Gasteiger partial charge on any atom is 0.333 e. The van der Waals surface area contributed by atoms with E-state index in [1.54, 1.807) is 6.92 Å². The van der Waals surface area contributed by atoms with Gasteiger partial charge in [-0.3, -0.25) is 0 Å². The summed E-state index contributed by atoms with van der Waals surface area (Å²) in [4.78, 5) is 10.8. The molecular formula is C9H14F2O2. The van der Waals surface area contributed by atoms with Crippen molar-refractivity contribution in [2.75, 3.05) is 6.61 Å². The van der Waals surface area contributed by atoms with Crippen LogP contribution in [0.15, 0.2) is 12.2 Å². The van der Waals surface area contributed by atoms with E-state index in [0.29, 0.717) is 18.4 Å². The van der Waals surface area contributed by atoms with Gasteiger partial charge in [0.25, 0.3) is 0 Å². The van der Waals surface area contributed by atoms with Crippen LogP contribution in [0.5, 0.6) is 0 Å². The molecule has 0 saturated carbocycles. The third-order valence-corrected chi connectivity index (χ3v) is 1.40. The lowest BCUT2D eigenvalue weighted by atomic mass is 10.2. The molecule has 76 valence electrons. The molecule has 0 aliphatic rings. The number of unbranched alkanes of at least 4 members (excludes halogenated alkanes) is 1. The number of carbonyl (C=O) groups is 1. The van der Waals surface area contributed by atoms with E-state index in [4.69, 9.17) is 4.74 Å². The molecule has 0 N–H and O–H groups in total. The first-order chi connectivity index (χ1) is 6.04. The van der Waals surface area contributed by atoms with E-state index in [0.717, 1.165) is 0 Å². The molecule has 0 aliphatic carbocycles. The van der Waals surface area contributed by atoms with E-state index in [2.05, 4.69) is 6.58 Å². The third-order valence-electron chi connectivity index (χ3n) is 1.40. The summed E-state index contributed by atoms with van der Waals surface area (Å²) in [6.45, 7) is 5.12. The molecule has 4 heteroatoms. The number of rotatable bonds is 6. The Balaban J connectivity index is 3.26. The highest BCUT2D eigenvalue weighted by atomic mass is 19.3. The Bertz CT molecular complexity index is 178. The molecule has 0 unspecified atom stereocenters. The number of alkyl halides is 2.